The van der Waals surface area contributed by atoms with Crippen LogP contribution in [0.25, 0.3) is 0 Å². The smallest absolute Gasteiger partial charge is 0.306 e. The Kier molecular flexibility index (Phi) is 43.0. The first-order valence-corrected chi connectivity index (χ1v) is 25.1. The van der Waals surface area contributed by atoms with E-state index in [4.69, 9.17) is 18.9 Å². The molecule has 0 N–H and O–H groups in total. The predicted molar refractivity (Wildman–Crippen MR) is 260 cm³/mol. The quantitative estimate of drug-likeness (QED) is 0.0195. The van der Waals surface area contributed by atoms with E-state index < -0.39 is 24.3 Å². The maximum atomic E-state index is 12.8. The molecule has 0 fully saturated rings. The van der Waals surface area contributed by atoms with Crippen LogP contribution in [-0.2, 0) is 33.3 Å². The molecule has 0 aromatic rings. The third kappa shape index (κ3) is 46.5. The van der Waals surface area contributed by atoms with E-state index in [0.29, 0.717) is 17.4 Å². The van der Waals surface area contributed by atoms with Crippen LogP contribution in [0.4, 0.5) is 0 Å². The number of carboxylic acids is 1. The molecule has 0 heterocycles. The fourth-order valence-corrected chi connectivity index (χ4v) is 6.56. The van der Waals surface area contributed by atoms with Crippen molar-refractivity contribution in [3.05, 3.63) is 72.9 Å². The van der Waals surface area contributed by atoms with Crippen LogP contribution < -0.4 is 5.11 Å². The van der Waals surface area contributed by atoms with E-state index >= 15 is 0 Å². The maximum Gasteiger partial charge on any atom is 0.306 e. The van der Waals surface area contributed by atoms with Crippen molar-refractivity contribution in [2.24, 2.45) is 0 Å². The average molecular weight is 884 g/mol. The number of ether oxygens (including phenoxy) is 4. The minimum atomic E-state index is -1.63. The second-order valence-corrected chi connectivity index (χ2v) is 17.7. The number of hydrogen-bond acceptors (Lipinski definition) is 8. The van der Waals surface area contributed by atoms with Gasteiger partial charge in [0.2, 0.25) is 0 Å². The second kappa shape index (κ2) is 45.3. The summed E-state index contributed by atoms with van der Waals surface area (Å²) in [5, 5.41) is 11.7. The van der Waals surface area contributed by atoms with Gasteiger partial charge < -0.3 is 33.3 Å². The molecule has 9 heteroatoms. The molecule has 0 radical (unpaired) electrons. The third-order valence-electron chi connectivity index (χ3n) is 10.4. The number of carbonyl (C=O) groups is 3. The van der Waals surface area contributed by atoms with E-state index in [1.165, 1.54) is 64.2 Å². The van der Waals surface area contributed by atoms with E-state index in [9.17, 15) is 19.5 Å². The SMILES string of the molecule is CC/C=C\C/C=C\C/C=C\C/C=C\CCCCCCCCCCCCCCC(=O)OC(COC(=O)CCCCCCC/C=C\C/C=C\CCC)COC(OCC[N+](C)(C)C)C(=O)[O-]. The molecule has 0 saturated carbocycles. The summed E-state index contributed by atoms with van der Waals surface area (Å²) >= 11 is 0. The van der Waals surface area contributed by atoms with Gasteiger partial charge in [-0.15, -0.1) is 0 Å². The lowest BCUT2D eigenvalue weighted by atomic mass is 10.0. The summed E-state index contributed by atoms with van der Waals surface area (Å²) in [6, 6.07) is 0. The Morgan fingerprint density at radius 2 is 0.905 bits per heavy atom. The Morgan fingerprint density at radius 3 is 1.35 bits per heavy atom. The van der Waals surface area contributed by atoms with Crippen LogP contribution in [0.15, 0.2) is 72.9 Å². The molecular weight excluding hydrogens is 791 g/mol. The van der Waals surface area contributed by atoms with E-state index in [0.717, 1.165) is 96.3 Å². The standard InChI is InChI=1S/C54H93NO8/c1-6-8-10-12-14-16-18-20-21-22-23-24-25-26-27-28-29-30-31-33-35-37-39-41-43-45-52(57)63-50(49-62-54(53(58)59)60-47-46-55(3,4)5)48-61-51(56)44-42-40-38-36-34-32-19-17-15-13-11-9-7-2/h8,10-11,13-14,16-17,19-21,23-24,50,54H,6-7,9,12,15,18,22,25-49H2,1-5H3/b10-8-,13-11-,16-14-,19-17-,21-20-,24-23-. The number of nitrogens with zero attached hydrogens (tertiary/aromatic N) is 1. The van der Waals surface area contributed by atoms with E-state index in [-0.39, 0.29) is 38.6 Å². The van der Waals surface area contributed by atoms with Gasteiger partial charge in [0.1, 0.15) is 13.2 Å². The van der Waals surface area contributed by atoms with Crippen molar-refractivity contribution in [3.63, 3.8) is 0 Å². The molecule has 0 aromatic carbocycles. The van der Waals surface area contributed by atoms with Crippen molar-refractivity contribution in [3.8, 4) is 0 Å². The van der Waals surface area contributed by atoms with Gasteiger partial charge in [0.15, 0.2) is 12.4 Å². The van der Waals surface area contributed by atoms with E-state index in [2.05, 4.69) is 86.8 Å². The third-order valence-corrected chi connectivity index (χ3v) is 10.4. The molecule has 0 amide bonds. The van der Waals surface area contributed by atoms with Crippen LogP contribution in [0.3, 0.4) is 0 Å². The fraction of sp³-hybridized carbons (Fsp3) is 0.722. The van der Waals surface area contributed by atoms with Crippen molar-refractivity contribution in [2.75, 3.05) is 47.5 Å². The molecule has 0 aliphatic rings. The number of esters is 2. The van der Waals surface area contributed by atoms with Crippen LogP contribution in [0, 0.1) is 0 Å². The summed E-state index contributed by atoms with van der Waals surface area (Å²) in [4.78, 5) is 37.1. The Labute approximate surface area is 386 Å². The topological polar surface area (TPSA) is 111 Å². The normalized spacial score (nSPS) is 13.5. The minimum Gasteiger partial charge on any atom is -0.545 e. The Hall–Kier alpha value is -3.27. The number of aliphatic carboxylic acids is 1. The summed E-state index contributed by atoms with van der Waals surface area (Å²) in [5.74, 6) is -2.31. The molecule has 0 aliphatic heterocycles. The molecule has 0 aliphatic carbocycles. The summed E-state index contributed by atoms with van der Waals surface area (Å²) < 4.78 is 22.6. The van der Waals surface area contributed by atoms with Gasteiger partial charge >= 0.3 is 11.9 Å². The van der Waals surface area contributed by atoms with Crippen LogP contribution >= 0.6 is 0 Å². The maximum absolute atomic E-state index is 12.8. The Morgan fingerprint density at radius 1 is 0.492 bits per heavy atom. The van der Waals surface area contributed by atoms with Gasteiger partial charge in [-0.05, 0) is 77.0 Å². The highest BCUT2D eigenvalue weighted by atomic mass is 16.7. The van der Waals surface area contributed by atoms with Crippen molar-refractivity contribution < 1.29 is 42.9 Å². The Bertz CT molecular complexity index is 1260. The number of carbonyl (C=O) groups excluding carboxylic acids is 3. The summed E-state index contributed by atoms with van der Waals surface area (Å²) in [5.41, 5.74) is 0. The average Bonchev–Trinajstić information content (AvgIpc) is 3.24. The van der Waals surface area contributed by atoms with Gasteiger partial charge in [-0.25, -0.2) is 0 Å². The zero-order valence-electron chi connectivity index (χ0n) is 40.9. The first kappa shape index (κ1) is 59.7. The zero-order chi connectivity index (χ0) is 46.3. The summed E-state index contributed by atoms with van der Waals surface area (Å²) in [6.45, 7) is 4.54. The van der Waals surface area contributed by atoms with Gasteiger partial charge in [0, 0.05) is 12.8 Å². The van der Waals surface area contributed by atoms with Gasteiger partial charge in [0.25, 0.3) is 0 Å². The number of rotatable bonds is 45. The number of quaternary nitrogens is 1. The number of carboxylic acid groups (broad SMARTS) is 1. The van der Waals surface area contributed by atoms with Crippen molar-refractivity contribution in [2.45, 2.75) is 206 Å². The molecular formula is C54H93NO8. The molecule has 2 atom stereocenters. The number of allylic oxidation sites excluding steroid dienone is 12. The highest BCUT2D eigenvalue weighted by Crippen LogP contribution is 2.15. The fourth-order valence-electron chi connectivity index (χ4n) is 6.56. The molecule has 0 bridgehead atoms. The minimum absolute atomic E-state index is 0.142. The van der Waals surface area contributed by atoms with Gasteiger partial charge in [-0.1, -0.05) is 177 Å². The van der Waals surface area contributed by atoms with E-state index in [1.807, 2.05) is 21.1 Å². The van der Waals surface area contributed by atoms with Crippen molar-refractivity contribution >= 4 is 17.9 Å². The predicted octanol–water partition coefficient (Wildman–Crippen LogP) is 12.6. The molecule has 9 nitrogen and oxygen atoms in total. The van der Waals surface area contributed by atoms with Crippen LogP contribution in [0.1, 0.15) is 194 Å². The lowest BCUT2D eigenvalue weighted by Crippen LogP contribution is -2.44. The van der Waals surface area contributed by atoms with Gasteiger partial charge in [-0.2, -0.15) is 0 Å². The lowest BCUT2D eigenvalue weighted by Gasteiger charge is -2.26. The molecule has 362 valence electrons. The highest BCUT2D eigenvalue weighted by molar-refractivity contribution is 5.70. The van der Waals surface area contributed by atoms with Gasteiger partial charge in [-0.3, -0.25) is 9.59 Å². The van der Waals surface area contributed by atoms with Crippen molar-refractivity contribution in [1.82, 2.24) is 0 Å². The number of hydrogen-bond donors (Lipinski definition) is 0. The van der Waals surface area contributed by atoms with Crippen molar-refractivity contribution in [1.29, 1.82) is 0 Å². The summed E-state index contributed by atoms with van der Waals surface area (Å²) in [6.07, 6.45) is 53.7. The molecule has 0 spiro atoms. The lowest BCUT2D eigenvalue weighted by molar-refractivity contribution is -0.870. The monoisotopic (exact) mass is 884 g/mol. The molecule has 63 heavy (non-hydrogen) atoms. The van der Waals surface area contributed by atoms with Crippen LogP contribution in [-0.4, -0.2) is 82.3 Å². The molecule has 0 saturated heterocycles. The first-order valence-electron chi connectivity index (χ1n) is 25.1. The number of likely N-dealkylation sites (N-methyl/N-ethyl adjacent to an activating group) is 1. The largest absolute Gasteiger partial charge is 0.545 e. The second-order valence-electron chi connectivity index (χ2n) is 17.7. The molecule has 0 rings (SSSR count). The van der Waals surface area contributed by atoms with Crippen LogP contribution in [0.5, 0.6) is 0 Å². The molecule has 2 unspecified atom stereocenters. The molecule has 0 aromatic heterocycles. The zero-order valence-corrected chi connectivity index (χ0v) is 40.9. The number of unbranched alkanes of at least 4 members (excludes halogenated alkanes) is 18. The summed E-state index contributed by atoms with van der Waals surface area (Å²) in [7, 11) is 5.90. The van der Waals surface area contributed by atoms with E-state index in [1.54, 1.807) is 0 Å². The van der Waals surface area contributed by atoms with Crippen LogP contribution in [0.2, 0.25) is 0 Å². The highest BCUT2D eigenvalue weighted by Gasteiger charge is 2.21. The first-order chi connectivity index (χ1) is 30.6. The van der Waals surface area contributed by atoms with Gasteiger partial charge in [0.05, 0.1) is 40.3 Å². The Balaban J connectivity index is 4.30.